The Balaban J connectivity index is 3.14. The van der Waals surface area contributed by atoms with Gasteiger partial charge in [-0.25, -0.2) is 4.99 Å². The van der Waals surface area contributed by atoms with Gasteiger partial charge in [0.15, 0.2) is 0 Å². The average molecular weight is 204 g/mol. The van der Waals surface area contributed by atoms with E-state index in [1.165, 1.54) is 0 Å². The van der Waals surface area contributed by atoms with Crippen molar-refractivity contribution in [2.45, 2.75) is 13.8 Å². The third kappa shape index (κ3) is 2.91. The molecule has 0 fully saturated rings. The maximum atomic E-state index is 10.6. The van der Waals surface area contributed by atoms with Crippen LogP contribution in [-0.4, -0.2) is 31.6 Å². The normalized spacial score (nSPS) is 10.7. The topological polar surface area (TPSA) is 32.7 Å². The number of aryl methyl sites for hydroxylation is 2. The van der Waals surface area contributed by atoms with E-state index in [0.29, 0.717) is 5.56 Å². The number of aliphatic imine (C=N–C) groups is 1. The Kier molecular flexibility index (Phi) is 3.61. The molecule has 0 bridgehead atoms. The van der Waals surface area contributed by atoms with Gasteiger partial charge in [-0.2, -0.15) is 0 Å². The number of nitrogens with zero attached hydrogens (tertiary/aromatic N) is 2. The van der Waals surface area contributed by atoms with Crippen molar-refractivity contribution in [1.29, 1.82) is 0 Å². The highest BCUT2D eigenvalue weighted by molar-refractivity contribution is 5.78. The van der Waals surface area contributed by atoms with Crippen LogP contribution in [0.15, 0.2) is 17.1 Å². The molecule has 0 saturated heterocycles. The van der Waals surface area contributed by atoms with Crippen LogP contribution in [0.25, 0.3) is 0 Å². The number of hydrogen-bond acceptors (Lipinski definition) is 2. The molecule has 0 aliphatic heterocycles. The van der Waals surface area contributed by atoms with E-state index in [1.54, 1.807) is 6.34 Å². The van der Waals surface area contributed by atoms with Crippen molar-refractivity contribution in [3.05, 3.63) is 28.8 Å². The predicted octanol–water partition coefficient (Wildman–Crippen LogP) is 2.34. The van der Waals surface area contributed by atoms with Crippen LogP contribution in [0.4, 0.5) is 5.69 Å². The number of carbonyl (C=O) groups excluding carboxylic acids is 1. The lowest BCUT2D eigenvalue weighted by atomic mass is 10.1. The Labute approximate surface area is 90.4 Å². The summed E-state index contributed by atoms with van der Waals surface area (Å²) in [5, 5.41) is 0. The van der Waals surface area contributed by atoms with Gasteiger partial charge in [-0.1, -0.05) is 0 Å². The van der Waals surface area contributed by atoms with Gasteiger partial charge >= 0.3 is 0 Å². The molecule has 0 spiro atoms. The smallest absolute Gasteiger partial charge is 0.150 e. The average Bonchev–Trinajstić information content (AvgIpc) is 2.15. The van der Waals surface area contributed by atoms with E-state index in [2.05, 4.69) is 4.99 Å². The molecule has 15 heavy (non-hydrogen) atoms. The zero-order chi connectivity index (χ0) is 11.4. The van der Waals surface area contributed by atoms with Gasteiger partial charge in [-0.15, -0.1) is 0 Å². The summed E-state index contributed by atoms with van der Waals surface area (Å²) in [6.07, 6.45) is 2.62. The maximum absolute atomic E-state index is 10.6. The fourth-order valence-corrected chi connectivity index (χ4v) is 1.43. The van der Waals surface area contributed by atoms with Crippen molar-refractivity contribution in [1.82, 2.24) is 4.90 Å². The molecule has 1 aromatic rings. The summed E-state index contributed by atoms with van der Waals surface area (Å²) >= 11 is 0. The summed E-state index contributed by atoms with van der Waals surface area (Å²) in [5.41, 5.74) is 3.69. The molecule has 0 atom stereocenters. The van der Waals surface area contributed by atoms with Gasteiger partial charge in [0, 0.05) is 19.7 Å². The Bertz CT molecular complexity index is 372. The molecule has 0 aromatic heterocycles. The van der Waals surface area contributed by atoms with Gasteiger partial charge in [0.05, 0.1) is 12.0 Å². The molecule has 0 saturated carbocycles. The minimum Gasteiger partial charge on any atom is -0.369 e. The molecule has 1 aromatic carbocycles. The summed E-state index contributed by atoms with van der Waals surface area (Å²) in [5.74, 6) is 0. The summed E-state index contributed by atoms with van der Waals surface area (Å²) in [4.78, 5) is 16.9. The molecule has 0 aliphatic rings. The summed E-state index contributed by atoms with van der Waals surface area (Å²) in [6, 6.07) is 3.70. The van der Waals surface area contributed by atoms with Crippen molar-refractivity contribution in [3.63, 3.8) is 0 Å². The molecule has 80 valence electrons. The lowest BCUT2D eigenvalue weighted by molar-refractivity contribution is 0.112. The fourth-order valence-electron chi connectivity index (χ4n) is 1.43. The van der Waals surface area contributed by atoms with Gasteiger partial charge in [0.1, 0.15) is 6.29 Å². The van der Waals surface area contributed by atoms with Crippen molar-refractivity contribution in [2.24, 2.45) is 4.99 Å². The van der Waals surface area contributed by atoms with Gasteiger partial charge < -0.3 is 4.90 Å². The standard InChI is InChI=1S/C12H16N2O/c1-9-5-11(7-15)6-10(2)12(9)13-8-14(3)4/h5-8H,1-4H3. The third-order valence-electron chi connectivity index (χ3n) is 2.07. The van der Waals surface area contributed by atoms with Gasteiger partial charge in [-0.3, -0.25) is 4.79 Å². The van der Waals surface area contributed by atoms with Crippen molar-refractivity contribution in [2.75, 3.05) is 14.1 Å². The molecule has 0 radical (unpaired) electrons. The van der Waals surface area contributed by atoms with E-state index in [4.69, 9.17) is 0 Å². The van der Waals surface area contributed by atoms with Crippen LogP contribution in [-0.2, 0) is 0 Å². The van der Waals surface area contributed by atoms with Crippen molar-refractivity contribution >= 4 is 18.3 Å². The summed E-state index contributed by atoms with van der Waals surface area (Å²) < 4.78 is 0. The largest absolute Gasteiger partial charge is 0.369 e. The Morgan fingerprint density at radius 3 is 2.13 bits per heavy atom. The van der Waals surface area contributed by atoms with Gasteiger partial charge in [-0.05, 0) is 37.1 Å². The highest BCUT2D eigenvalue weighted by Crippen LogP contribution is 2.24. The summed E-state index contributed by atoms with van der Waals surface area (Å²) in [7, 11) is 3.85. The van der Waals surface area contributed by atoms with Gasteiger partial charge in [0.2, 0.25) is 0 Å². The van der Waals surface area contributed by atoms with Crippen LogP contribution in [0.1, 0.15) is 21.5 Å². The molecule has 1 rings (SSSR count). The lowest BCUT2D eigenvalue weighted by Gasteiger charge is -2.07. The van der Waals surface area contributed by atoms with E-state index in [1.807, 2.05) is 45.0 Å². The van der Waals surface area contributed by atoms with E-state index >= 15 is 0 Å². The van der Waals surface area contributed by atoms with Crippen LogP contribution < -0.4 is 0 Å². The number of carbonyl (C=O) groups is 1. The summed E-state index contributed by atoms with van der Waals surface area (Å²) in [6.45, 7) is 3.92. The van der Waals surface area contributed by atoms with Gasteiger partial charge in [0.25, 0.3) is 0 Å². The Hall–Kier alpha value is -1.64. The predicted molar refractivity (Wildman–Crippen MR) is 63.1 cm³/mol. The maximum Gasteiger partial charge on any atom is 0.150 e. The number of hydrogen-bond donors (Lipinski definition) is 0. The van der Waals surface area contributed by atoms with Crippen LogP contribution in [0.2, 0.25) is 0 Å². The second-order valence-electron chi connectivity index (χ2n) is 3.83. The van der Waals surface area contributed by atoms with Crippen LogP contribution >= 0.6 is 0 Å². The zero-order valence-electron chi connectivity index (χ0n) is 9.61. The van der Waals surface area contributed by atoms with Crippen LogP contribution in [0.3, 0.4) is 0 Å². The molecule has 3 heteroatoms. The fraction of sp³-hybridized carbons (Fsp3) is 0.333. The van der Waals surface area contributed by atoms with E-state index in [9.17, 15) is 4.79 Å². The highest BCUT2D eigenvalue weighted by Gasteiger charge is 2.02. The second kappa shape index (κ2) is 4.73. The first-order valence-corrected chi connectivity index (χ1v) is 4.81. The molecule has 3 nitrogen and oxygen atoms in total. The van der Waals surface area contributed by atoms with Crippen molar-refractivity contribution in [3.8, 4) is 0 Å². The molecule has 0 heterocycles. The second-order valence-corrected chi connectivity index (χ2v) is 3.83. The highest BCUT2D eigenvalue weighted by atomic mass is 16.1. The molecule has 0 unspecified atom stereocenters. The minimum absolute atomic E-state index is 0.703. The first-order chi connectivity index (χ1) is 7.04. The number of benzene rings is 1. The van der Waals surface area contributed by atoms with Crippen molar-refractivity contribution < 1.29 is 4.79 Å². The molecule has 0 amide bonds. The Morgan fingerprint density at radius 2 is 1.73 bits per heavy atom. The molecular weight excluding hydrogens is 188 g/mol. The van der Waals surface area contributed by atoms with E-state index < -0.39 is 0 Å². The lowest BCUT2D eigenvalue weighted by Crippen LogP contribution is -2.07. The zero-order valence-corrected chi connectivity index (χ0v) is 9.61. The molecule has 0 N–H and O–H groups in total. The molecular formula is C12H16N2O. The Morgan fingerprint density at radius 1 is 1.20 bits per heavy atom. The SMILES string of the molecule is Cc1cc(C=O)cc(C)c1N=CN(C)C. The number of rotatable bonds is 3. The quantitative estimate of drug-likeness (QED) is 0.430. The first-order valence-electron chi connectivity index (χ1n) is 4.81. The van der Waals surface area contributed by atoms with Crippen LogP contribution in [0, 0.1) is 13.8 Å². The minimum atomic E-state index is 0.703. The van der Waals surface area contributed by atoms with E-state index in [-0.39, 0.29) is 0 Å². The first kappa shape index (κ1) is 11.4. The monoisotopic (exact) mass is 204 g/mol. The van der Waals surface area contributed by atoms with E-state index in [0.717, 1.165) is 23.1 Å². The van der Waals surface area contributed by atoms with Crippen LogP contribution in [0.5, 0.6) is 0 Å². The third-order valence-corrected chi connectivity index (χ3v) is 2.07. The number of aldehydes is 1. The molecule has 0 aliphatic carbocycles.